The van der Waals surface area contributed by atoms with E-state index in [0.717, 1.165) is 40.7 Å². The van der Waals surface area contributed by atoms with Gasteiger partial charge < -0.3 is 10.3 Å². The van der Waals surface area contributed by atoms with E-state index in [2.05, 4.69) is 45.4 Å². The van der Waals surface area contributed by atoms with Gasteiger partial charge in [0.15, 0.2) is 0 Å². The van der Waals surface area contributed by atoms with Crippen molar-refractivity contribution in [1.82, 2.24) is 9.55 Å². The molecule has 1 heterocycles. The zero-order valence-corrected chi connectivity index (χ0v) is 11.9. The van der Waals surface area contributed by atoms with Crippen LogP contribution in [0.4, 0.5) is 0 Å². The number of benzene rings is 1. The molecule has 2 rings (SSSR count). The van der Waals surface area contributed by atoms with E-state index >= 15 is 0 Å². The van der Waals surface area contributed by atoms with E-state index in [4.69, 9.17) is 5.73 Å². The molecule has 1 atom stereocenters. The van der Waals surface area contributed by atoms with Gasteiger partial charge in [0, 0.05) is 11.0 Å². The van der Waals surface area contributed by atoms with Crippen molar-refractivity contribution in [2.75, 3.05) is 0 Å². The van der Waals surface area contributed by atoms with Crippen LogP contribution >= 0.6 is 15.9 Å². The minimum absolute atomic E-state index is 0.0334. The fourth-order valence-corrected chi connectivity index (χ4v) is 2.53. The number of hydrogen-bond acceptors (Lipinski definition) is 2. The number of imidazole rings is 1. The molecule has 0 aliphatic rings. The topological polar surface area (TPSA) is 43.8 Å². The van der Waals surface area contributed by atoms with Crippen molar-refractivity contribution >= 4 is 27.0 Å². The molecular weight excluding hydrogens is 278 g/mol. The summed E-state index contributed by atoms with van der Waals surface area (Å²) in [4.78, 5) is 4.67. The molecule has 0 spiro atoms. The second-order valence-corrected chi connectivity index (χ2v) is 5.16. The van der Waals surface area contributed by atoms with Crippen LogP contribution in [0.3, 0.4) is 0 Å². The van der Waals surface area contributed by atoms with E-state index in [1.165, 1.54) is 0 Å². The summed E-state index contributed by atoms with van der Waals surface area (Å²) in [5, 5.41) is 0. The third-order valence-corrected chi connectivity index (χ3v) is 3.48. The van der Waals surface area contributed by atoms with Gasteiger partial charge in [0.25, 0.3) is 0 Å². The number of rotatable bonds is 4. The van der Waals surface area contributed by atoms with E-state index < -0.39 is 0 Å². The Hall–Kier alpha value is -0.870. The van der Waals surface area contributed by atoms with Crippen molar-refractivity contribution in [1.29, 1.82) is 0 Å². The van der Waals surface area contributed by atoms with E-state index in [1.807, 2.05) is 12.1 Å². The molecule has 0 saturated carbocycles. The molecule has 0 saturated heterocycles. The molecule has 0 fully saturated rings. The molecule has 2 aromatic rings. The normalized spacial score (nSPS) is 13.2. The van der Waals surface area contributed by atoms with Gasteiger partial charge in [0.05, 0.1) is 17.1 Å². The molecular formula is C13H18BrN3. The standard InChI is InChI=1S/C13H18BrN3/c1-3-5-10(15)13-16-11-8-9(14)6-7-12(11)17(13)4-2/h6-8,10H,3-5,15H2,1-2H3. The van der Waals surface area contributed by atoms with Crippen LogP contribution in [0.25, 0.3) is 11.0 Å². The second kappa shape index (κ2) is 5.19. The van der Waals surface area contributed by atoms with Crippen LogP contribution in [0, 0.1) is 0 Å². The van der Waals surface area contributed by atoms with Gasteiger partial charge in [-0.15, -0.1) is 0 Å². The Labute approximate surface area is 110 Å². The van der Waals surface area contributed by atoms with E-state index in [1.54, 1.807) is 0 Å². The lowest BCUT2D eigenvalue weighted by atomic mass is 10.2. The molecule has 3 nitrogen and oxygen atoms in total. The van der Waals surface area contributed by atoms with Crippen molar-refractivity contribution in [2.45, 2.75) is 39.3 Å². The molecule has 1 aromatic heterocycles. The Morgan fingerprint density at radius 1 is 1.41 bits per heavy atom. The summed E-state index contributed by atoms with van der Waals surface area (Å²) in [5.74, 6) is 1.00. The molecule has 1 unspecified atom stereocenters. The zero-order chi connectivity index (χ0) is 12.4. The first kappa shape index (κ1) is 12.6. The summed E-state index contributed by atoms with van der Waals surface area (Å²) in [6, 6.07) is 6.22. The van der Waals surface area contributed by atoms with Crippen molar-refractivity contribution < 1.29 is 0 Å². The van der Waals surface area contributed by atoms with Crippen LogP contribution < -0.4 is 5.73 Å². The maximum absolute atomic E-state index is 6.19. The van der Waals surface area contributed by atoms with Crippen molar-refractivity contribution in [3.63, 3.8) is 0 Å². The van der Waals surface area contributed by atoms with Gasteiger partial charge in [0.2, 0.25) is 0 Å². The molecule has 0 amide bonds. The molecule has 0 radical (unpaired) electrons. The minimum atomic E-state index is 0.0334. The highest BCUT2D eigenvalue weighted by molar-refractivity contribution is 9.10. The highest BCUT2D eigenvalue weighted by atomic mass is 79.9. The van der Waals surface area contributed by atoms with Gasteiger partial charge in [-0.1, -0.05) is 29.3 Å². The third kappa shape index (κ3) is 2.38. The summed E-state index contributed by atoms with van der Waals surface area (Å²) in [6.45, 7) is 5.19. The second-order valence-electron chi connectivity index (χ2n) is 4.24. The first-order chi connectivity index (χ1) is 8.17. The Bertz CT molecular complexity index is 519. The summed E-state index contributed by atoms with van der Waals surface area (Å²) < 4.78 is 3.27. The number of aromatic nitrogens is 2. The molecule has 4 heteroatoms. The lowest BCUT2D eigenvalue weighted by molar-refractivity contribution is 0.566. The first-order valence-corrected chi connectivity index (χ1v) is 6.88. The van der Waals surface area contributed by atoms with Crippen molar-refractivity contribution in [3.8, 4) is 0 Å². The molecule has 0 aliphatic carbocycles. The Morgan fingerprint density at radius 2 is 2.18 bits per heavy atom. The predicted octanol–water partition coefficient (Wildman–Crippen LogP) is 3.62. The lowest BCUT2D eigenvalue weighted by Crippen LogP contribution is -2.16. The van der Waals surface area contributed by atoms with Crippen molar-refractivity contribution in [3.05, 3.63) is 28.5 Å². The molecule has 17 heavy (non-hydrogen) atoms. The van der Waals surface area contributed by atoms with Crippen LogP contribution in [-0.4, -0.2) is 9.55 Å². The van der Waals surface area contributed by atoms with Crippen LogP contribution in [-0.2, 0) is 6.54 Å². The SMILES string of the molecule is CCCC(N)c1nc2cc(Br)ccc2n1CC. The fraction of sp³-hybridized carbons (Fsp3) is 0.462. The van der Waals surface area contributed by atoms with Crippen LogP contribution in [0.1, 0.15) is 38.6 Å². The van der Waals surface area contributed by atoms with Crippen LogP contribution in [0.2, 0.25) is 0 Å². The Balaban J connectivity index is 2.55. The van der Waals surface area contributed by atoms with Gasteiger partial charge in [-0.3, -0.25) is 0 Å². The summed E-state index contributed by atoms with van der Waals surface area (Å²) in [6.07, 6.45) is 2.06. The highest BCUT2D eigenvalue weighted by Crippen LogP contribution is 2.24. The average molecular weight is 296 g/mol. The van der Waals surface area contributed by atoms with Gasteiger partial charge in [-0.25, -0.2) is 4.98 Å². The van der Waals surface area contributed by atoms with Gasteiger partial charge in [-0.2, -0.15) is 0 Å². The average Bonchev–Trinajstić information content (AvgIpc) is 2.66. The van der Waals surface area contributed by atoms with E-state index in [-0.39, 0.29) is 6.04 Å². The van der Waals surface area contributed by atoms with Crippen LogP contribution in [0.5, 0.6) is 0 Å². The van der Waals surface area contributed by atoms with Gasteiger partial charge >= 0.3 is 0 Å². The van der Waals surface area contributed by atoms with Crippen molar-refractivity contribution in [2.24, 2.45) is 5.73 Å². The molecule has 1 aromatic carbocycles. The quantitative estimate of drug-likeness (QED) is 0.936. The molecule has 0 bridgehead atoms. The smallest absolute Gasteiger partial charge is 0.126 e. The van der Waals surface area contributed by atoms with E-state index in [0.29, 0.717) is 0 Å². The monoisotopic (exact) mass is 295 g/mol. The largest absolute Gasteiger partial charge is 0.327 e. The number of aryl methyl sites for hydroxylation is 1. The lowest BCUT2D eigenvalue weighted by Gasteiger charge is -2.12. The number of fused-ring (bicyclic) bond motifs is 1. The third-order valence-electron chi connectivity index (χ3n) is 2.99. The Morgan fingerprint density at radius 3 is 2.82 bits per heavy atom. The summed E-state index contributed by atoms with van der Waals surface area (Å²) >= 11 is 3.48. The zero-order valence-electron chi connectivity index (χ0n) is 10.3. The number of hydrogen-bond donors (Lipinski definition) is 1. The predicted molar refractivity (Wildman–Crippen MR) is 74.9 cm³/mol. The molecule has 0 aliphatic heterocycles. The Kier molecular flexibility index (Phi) is 3.84. The highest BCUT2D eigenvalue weighted by Gasteiger charge is 2.15. The fourth-order valence-electron chi connectivity index (χ4n) is 2.18. The molecule has 92 valence electrons. The summed E-state index contributed by atoms with van der Waals surface area (Å²) in [5.41, 5.74) is 8.37. The van der Waals surface area contributed by atoms with Gasteiger partial charge in [0.1, 0.15) is 5.82 Å². The maximum Gasteiger partial charge on any atom is 0.126 e. The number of nitrogens with zero attached hydrogens (tertiary/aromatic N) is 2. The van der Waals surface area contributed by atoms with Gasteiger partial charge in [-0.05, 0) is 31.5 Å². The van der Waals surface area contributed by atoms with E-state index in [9.17, 15) is 0 Å². The molecule has 2 N–H and O–H groups in total. The summed E-state index contributed by atoms with van der Waals surface area (Å²) in [7, 11) is 0. The van der Waals surface area contributed by atoms with Crippen LogP contribution in [0.15, 0.2) is 22.7 Å². The minimum Gasteiger partial charge on any atom is -0.327 e. The number of halogens is 1. The maximum atomic E-state index is 6.19. The first-order valence-electron chi connectivity index (χ1n) is 6.08. The number of nitrogens with two attached hydrogens (primary N) is 1.